The molecule has 0 radical (unpaired) electrons. The Morgan fingerprint density at radius 1 is 0.955 bits per heavy atom. The molecule has 1 aliphatic heterocycles. The molecule has 110 valence electrons. The Morgan fingerprint density at radius 2 is 1.59 bits per heavy atom. The molecule has 3 rings (SSSR count). The topological polar surface area (TPSA) is 37.4 Å². The third kappa shape index (κ3) is 2.83. The van der Waals surface area contributed by atoms with Gasteiger partial charge in [0.1, 0.15) is 0 Å². The van der Waals surface area contributed by atoms with Crippen molar-refractivity contribution in [1.29, 1.82) is 0 Å². The lowest BCUT2D eigenvalue weighted by Crippen LogP contribution is -2.27. The maximum atomic E-state index is 12.1. The van der Waals surface area contributed by atoms with Crippen molar-refractivity contribution >= 4 is 29.0 Å². The highest BCUT2D eigenvalue weighted by Crippen LogP contribution is 2.32. The van der Waals surface area contributed by atoms with Gasteiger partial charge in [0.2, 0.25) is 0 Å². The van der Waals surface area contributed by atoms with Crippen LogP contribution >= 0.6 is 11.8 Å². The van der Waals surface area contributed by atoms with Crippen LogP contribution in [0.15, 0.2) is 59.5 Å². The average Bonchev–Trinajstić information content (AvgIpc) is 2.82. The summed E-state index contributed by atoms with van der Waals surface area (Å²) >= 11 is 1.00. The highest BCUT2D eigenvalue weighted by molar-refractivity contribution is 8.18. The van der Waals surface area contributed by atoms with Crippen LogP contribution in [0.4, 0.5) is 4.79 Å². The van der Waals surface area contributed by atoms with Gasteiger partial charge in [0.05, 0.1) is 4.91 Å². The van der Waals surface area contributed by atoms with Crippen molar-refractivity contribution in [2.24, 2.45) is 0 Å². The van der Waals surface area contributed by atoms with Crippen molar-refractivity contribution in [2.45, 2.75) is 6.92 Å². The number of amides is 2. The van der Waals surface area contributed by atoms with Crippen molar-refractivity contribution in [3.63, 3.8) is 0 Å². The van der Waals surface area contributed by atoms with E-state index < -0.39 is 0 Å². The molecule has 0 saturated carbocycles. The maximum Gasteiger partial charge on any atom is 0.293 e. The number of hydrogen-bond donors (Lipinski definition) is 0. The summed E-state index contributed by atoms with van der Waals surface area (Å²) in [5.74, 6) is -0.204. The van der Waals surface area contributed by atoms with E-state index in [9.17, 15) is 9.59 Å². The zero-order valence-electron chi connectivity index (χ0n) is 12.2. The lowest BCUT2D eigenvalue weighted by atomic mass is 10.0. The number of carbonyl (C=O) groups is 2. The van der Waals surface area contributed by atoms with Crippen LogP contribution in [-0.2, 0) is 4.79 Å². The van der Waals surface area contributed by atoms with Crippen LogP contribution in [0, 0.1) is 0 Å². The van der Waals surface area contributed by atoms with Gasteiger partial charge in [-0.05, 0) is 41.5 Å². The monoisotopic (exact) mass is 309 g/mol. The number of thioether (sulfide) groups is 1. The van der Waals surface area contributed by atoms with Crippen molar-refractivity contribution in [3.05, 3.63) is 65.1 Å². The summed E-state index contributed by atoms with van der Waals surface area (Å²) in [4.78, 5) is 25.5. The smallest absolute Gasteiger partial charge is 0.269 e. The summed E-state index contributed by atoms with van der Waals surface area (Å²) in [6, 6.07) is 18.1. The Labute approximate surface area is 133 Å². The second-order valence-corrected chi connectivity index (χ2v) is 5.91. The van der Waals surface area contributed by atoms with Gasteiger partial charge in [-0.15, -0.1) is 0 Å². The van der Waals surface area contributed by atoms with Gasteiger partial charge in [0.25, 0.3) is 11.1 Å². The molecular formula is C18H15NO2S. The van der Waals surface area contributed by atoms with E-state index in [1.807, 2.05) is 42.5 Å². The number of benzene rings is 2. The lowest BCUT2D eigenvalue weighted by Gasteiger charge is -2.07. The highest BCUT2D eigenvalue weighted by atomic mass is 32.2. The molecule has 1 fully saturated rings. The molecule has 0 atom stereocenters. The molecule has 2 amide bonds. The number of rotatable bonds is 3. The Kier molecular flexibility index (Phi) is 4.11. The first-order chi connectivity index (χ1) is 10.7. The lowest BCUT2D eigenvalue weighted by molar-refractivity contribution is -0.122. The van der Waals surface area contributed by atoms with Crippen molar-refractivity contribution in [2.75, 3.05) is 6.54 Å². The molecule has 0 bridgehead atoms. The first-order valence-electron chi connectivity index (χ1n) is 7.10. The largest absolute Gasteiger partial charge is 0.293 e. The number of hydrogen-bond acceptors (Lipinski definition) is 3. The molecule has 0 unspecified atom stereocenters. The number of imide groups is 1. The van der Waals surface area contributed by atoms with Crippen LogP contribution in [-0.4, -0.2) is 22.6 Å². The molecule has 1 saturated heterocycles. The van der Waals surface area contributed by atoms with Crippen LogP contribution in [0.3, 0.4) is 0 Å². The van der Waals surface area contributed by atoms with Crippen LogP contribution in [0.2, 0.25) is 0 Å². The Bertz CT molecular complexity index is 735. The number of nitrogens with zero attached hydrogens (tertiary/aromatic N) is 1. The molecule has 2 aromatic carbocycles. The summed E-state index contributed by atoms with van der Waals surface area (Å²) < 4.78 is 0. The zero-order valence-corrected chi connectivity index (χ0v) is 13.0. The summed E-state index contributed by atoms with van der Waals surface area (Å²) in [6.45, 7) is 2.21. The van der Waals surface area contributed by atoms with Gasteiger partial charge in [-0.25, -0.2) is 0 Å². The first kappa shape index (κ1) is 14.6. The van der Waals surface area contributed by atoms with Crippen molar-refractivity contribution in [1.82, 2.24) is 4.90 Å². The van der Waals surface area contributed by atoms with Crippen LogP contribution in [0.5, 0.6) is 0 Å². The van der Waals surface area contributed by atoms with Gasteiger partial charge >= 0.3 is 0 Å². The van der Waals surface area contributed by atoms with E-state index in [1.165, 1.54) is 4.90 Å². The summed E-state index contributed by atoms with van der Waals surface area (Å²) in [7, 11) is 0. The molecule has 2 aromatic rings. The summed E-state index contributed by atoms with van der Waals surface area (Å²) in [5.41, 5.74) is 3.20. The predicted octanol–water partition coefficient (Wildman–Crippen LogP) is 4.41. The second-order valence-electron chi connectivity index (χ2n) is 4.91. The van der Waals surface area contributed by atoms with Crippen LogP contribution in [0.1, 0.15) is 12.5 Å². The molecule has 0 N–H and O–H groups in total. The highest BCUT2D eigenvalue weighted by Gasteiger charge is 2.33. The SMILES string of the molecule is CCN1C(=O)S/C(=C/c2ccc(-c3ccccc3)cc2)C1=O. The molecular weight excluding hydrogens is 294 g/mol. The minimum absolute atomic E-state index is 0.195. The van der Waals surface area contributed by atoms with E-state index in [0.717, 1.165) is 28.5 Å². The third-order valence-corrected chi connectivity index (χ3v) is 4.41. The zero-order chi connectivity index (χ0) is 15.5. The third-order valence-electron chi connectivity index (χ3n) is 3.51. The maximum absolute atomic E-state index is 12.1. The second kappa shape index (κ2) is 6.20. The summed E-state index contributed by atoms with van der Waals surface area (Å²) in [5, 5.41) is -0.195. The van der Waals surface area contributed by atoms with Gasteiger partial charge < -0.3 is 0 Å². The van der Waals surface area contributed by atoms with Crippen LogP contribution < -0.4 is 0 Å². The summed E-state index contributed by atoms with van der Waals surface area (Å²) in [6.07, 6.45) is 1.77. The number of carbonyl (C=O) groups excluding carboxylic acids is 2. The average molecular weight is 309 g/mol. The van der Waals surface area contributed by atoms with E-state index in [-0.39, 0.29) is 11.1 Å². The van der Waals surface area contributed by atoms with Gasteiger partial charge in [-0.3, -0.25) is 14.5 Å². The quantitative estimate of drug-likeness (QED) is 0.788. The molecule has 0 spiro atoms. The Hall–Kier alpha value is -2.33. The molecule has 0 aromatic heterocycles. The van der Waals surface area contributed by atoms with Crippen molar-refractivity contribution < 1.29 is 9.59 Å². The van der Waals surface area contributed by atoms with Crippen molar-refractivity contribution in [3.8, 4) is 11.1 Å². The van der Waals surface area contributed by atoms with E-state index in [1.54, 1.807) is 13.0 Å². The normalized spacial score (nSPS) is 16.6. The van der Waals surface area contributed by atoms with Gasteiger partial charge in [0.15, 0.2) is 0 Å². The Balaban J connectivity index is 1.84. The van der Waals surface area contributed by atoms with E-state index in [4.69, 9.17) is 0 Å². The fraction of sp³-hybridized carbons (Fsp3) is 0.111. The molecule has 3 nitrogen and oxygen atoms in total. The molecule has 22 heavy (non-hydrogen) atoms. The molecule has 4 heteroatoms. The van der Waals surface area contributed by atoms with E-state index in [0.29, 0.717) is 11.4 Å². The standard InChI is InChI=1S/C18H15NO2S/c1-2-19-17(20)16(22-18(19)21)12-13-8-10-15(11-9-13)14-6-4-3-5-7-14/h3-12H,2H2,1H3/b16-12+. The minimum Gasteiger partial charge on any atom is -0.269 e. The number of likely N-dealkylation sites (N-methyl/N-ethyl adjacent to an activating group) is 1. The molecule has 1 aliphatic rings. The minimum atomic E-state index is -0.204. The van der Waals surface area contributed by atoms with Gasteiger partial charge in [0, 0.05) is 6.54 Å². The van der Waals surface area contributed by atoms with Gasteiger partial charge in [-0.2, -0.15) is 0 Å². The van der Waals surface area contributed by atoms with Gasteiger partial charge in [-0.1, -0.05) is 54.6 Å². The fourth-order valence-electron chi connectivity index (χ4n) is 2.33. The van der Waals surface area contributed by atoms with E-state index >= 15 is 0 Å². The first-order valence-corrected chi connectivity index (χ1v) is 7.91. The molecule has 0 aliphatic carbocycles. The predicted molar refractivity (Wildman–Crippen MR) is 90.2 cm³/mol. The van der Waals surface area contributed by atoms with E-state index in [2.05, 4.69) is 12.1 Å². The van der Waals surface area contributed by atoms with Crippen LogP contribution in [0.25, 0.3) is 17.2 Å². The molecule has 1 heterocycles. The Morgan fingerprint density at radius 3 is 2.18 bits per heavy atom. The fourth-order valence-corrected chi connectivity index (χ4v) is 3.23.